The Kier molecular flexibility index (Phi) is 3.91. The number of sulfonamides is 1. The maximum atomic E-state index is 12.5. The normalized spacial score (nSPS) is 26.2. The molecule has 1 aromatic heterocycles. The van der Waals surface area contributed by atoms with E-state index in [0.717, 1.165) is 0 Å². The molecule has 0 amide bonds. The molecule has 2 unspecified atom stereocenters. The van der Waals surface area contributed by atoms with Gasteiger partial charge in [-0.15, -0.1) is 0 Å². The molecule has 1 fully saturated rings. The SMILES string of the molecule is CC1CN(S(=O)(=O)c2cnccc2Cl)C(C)CO1. The molecule has 0 saturated carbocycles. The number of morpholine rings is 1. The Morgan fingerprint density at radius 1 is 1.50 bits per heavy atom. The van der Waals surface area contributed by atoms with Crippen LogP contribution >= 0.6 is 11.6 Å². The van der Waals surface area contributed by atoms with E-state index >= 15 is 0 Å². The van der Waals surface area contributed by atoms with E-state index in [1.807, 2.05) is 13.8 Å². The van der Waals surface area contributed by atoms with Crippen LogP contribution in [-0.4, -0.2) is 43.0 Å². The van der Waals surface area contributed by atoms with Gasteiger partial charge in [0.15, 0.2) is 0 Å². The van der Waals surface area contributed by atoms with E-state index in [4.69, 9.17) is 16.3 Å². The largest absolute Gasteiger partial charge is 0.375 e. The summed E-state index contributed by atoms with van der Waals surface area (Å²) in [6, 6.07) is 1.27. The first-order chi connectivity index (χ1) is 8.43. The molecule has 0 spiro atoms. The summed E-state index contributed by atoms with van der Waals surface area (Å²) in [6.45, 7) is 4.37. The molecule has 0 aliphatic carbocycles. The first kappa shape index (κ1) is 13.7. The summed E-state index contributed by atoms with van der Waals surface area (Å²) in [5, 5.41) is 0.191. The summed E-state index contributed by atoms with van der Waals surface area (Å²) in [5.74, 6) is 0. The number of rotatable bonds is 2. The van der Waals surface area contributed by atoms with Crippen molar-refractivity contribution in [3.05, 3.63) is 23.5 Å². The number of aromatic nitrogens is 1. The van der Waals surface area contributed by atoms with Gasteiger partial charge in [0, 0.05) is 25.0 Å². The van der Waals surface area contributed by atoms with Gasteiger partial charge in [0.2, 0.25) is 10.0 Å². The predicted molar refractivity (Wildman–Crippen MR) is 68.0 cm³/mol. The van der Waals surface area contributed by atoms with Gasteiger partial charge in [-0.05, 0) is 19.9 Å². The summed E-state index contributed by atoms with van der Waals surface area (Å²) < 4.78 is 31.9. The minimum absolute atomic E-state index is 0.0487. The number of hydrogen-bond acceptors (Lipinski definition) is 4. The molecule has 18 heavy (non-hydrogen) atoms. The Morgan fingerprint density at radius 3 is 2.89 bits per heavy atom. The van der Waals surface area contributed by atoms with Crippen molar-refractivity contribution in [3.63, 3.8) is 0 Å². The van der Waals surface area contributed by atoms with E-state index in [2.05, 4.69) is 4.98 Å². The van der Waals surface area contributed by atoms with Gasteiger partial charge in [-0.25, -0.2) is 8.42 Å². The van der Waals surface area contributed by atoms with Crippen LogP contribution in [-0.2, 0) is 14.8 Å². The number of ether oxygens (including phenoxy) is 1. The zero-order chi connectivity index (χ0) is 13.3. The van der Waals surface area contributed by atoms with Crippen LogP contribution in [0.1, 0.15) is 13.8 Å². The van der Waals surface area contributed by atoms with Gasteiger partial charge < -0.3 is 4.74 Å². The molecule has 7 heteroatoms. The molecule has 2 rings (SSSR count). The average molecular weight is 291 g/mol. The summed E-state index contributed by atoms with van der Waals surface area (Å²) in [5.41, 5.74) is 0. The molecule has 1 saturated heterocycles. The molecule has 0 bridgehead atoms. The maximum Gasteiger partial charge on any atom is 0.246 e. The topological polar surface area (TPSA) is 59.5 Å². The van der Waals surface area contributed by atoms with Gasteiger partial charge in [0.1, 0.15) is 4.90 Å². The highest BCUT2D eigenvalue weighted by Gasteiger charge is 2.35. The van der Waals surface area contributed by atoms with Gasteiger partial charge in [0.05, 0.1) is 17.7 Å². The number of hydrogen-bond donors (Lipinski definition) is 0. The fraction of sp³-hybridized carbons (Fsp3) is 0.545. The van der Waals surface area contributed by atoms with E-state index in [-0.39, 0.29) is 22.1 Å². The van der Waals surface area contributed by atoms with E-state index in [1.54, 1.807) is 0 Å². The number of pyridine rings is 1. The second-order valence-electron chi connectivity index (χ2n) is 4.37. The second kappa shape index (κ2) is 5.13. The van der Waals surface area contributed by atoms with Crippen molar-refractivity contribution in [3.8, 4) is 0 Å². The highest BCUT2D eigenvalue weighted by molar-refractivity contribution is 7.89. The van der Waals surface area contributed by atoms with E-state index < -0.39 is 10.0 Å². The highest BCUT2D eigenvalue weighted by Crippen LogP contribution is 2.26. The molecule has 1 aliphatic heterocycles. The molecular formula is C11H15ClN2O3S. The lowest BCUT2D eigenvalue weighted by Gasteiger charge is -2.35. The Hall–Kier alpha value is -0.690. The monoisotopic (exact) mass is 290 g/mol. The molecule has 2 atom stereocenters. The van der Waals surface area contributed by atoms with Crippen LogP contribution in [0.4, 0.5) is 0 Å². The molecule has 1 aliphatic rings. The molecule has 0 aromatic carbocycles. The lowest BCUT2D eigenvalue weighted by Crippen LogP contribution is -2.50. The highest BCUT2D eigenvalue weighted by atomic mass is 35.5. The maximum absolute atomic E-state index is 12.5. The molecule has 100 valence electrons. The van der Waals surface area contributed by atoms with Crippen molar-refractivity contribution >= 4 is 21.6 Å². The zero-order valence-corrected chi connectivity index (χ0v) is 11.8. The van der Waals surface area contributed by atoms with E-state index in [9.17, 15) is 8.42 Å². The molecule has 0 N–H and O–H groups in total. The van der Waals surface area contributed by atoms with Crippen LogP contribution in [0, 0.1) is 0 Å². The van der Waals surface area contributed by atoms with Crippen LogP contribution in [0.25, 0.3) is 0 Å². The van der Waals surface area contributed by atoms with Gasteiger partial charge in [-0.3, -0.25) is 4.98 Å². The van der Waals surface area contributed by atoms with Crippen molar-refractivity contribution in [1.82, 2.24) is 9.29 Å². The quantitative estimate of drug-likeness (QED) is 0.829. The zero-order valence-electron chi connectivity index (χ0n) is 10.2. The fourth-order valence-electron chi connectivity index (χ4n) is 1.89. The third-order valence-electron chi connectivity index (χ3n) is 2.87. The van der Waals surface area contributed by atoms with Crippen molar-refractivity contribution in [2.24, 2.45) is 0 Å². The Balaban J connectivity index is 2.39. The van der Waals surface area contributed by atoms with Crippen molar-refractivity contribution in [2.75, 3.05) is 13.2 Å². The average Bonchev–Trinajstić information content (AvgIpc) is 2.32. The lowest BCUT2D eigenvalue weighted by molar-refractivity contribution is -0.0170. The first-order valence-corrected chi connectivity index (χ1v) is 7.47. The smallest absolute Gasteiger partial charge is 0.246 e. The molecule has 0 radical (unpaired) electrons. The number of nitrogens with zero attached hydrogens (tertiary/aromatic N) is 2. The summed E-state index contributed by atoms with van der Waals surface area (Å²) in [6.07, 6.45) is 2.63. The summed E-state index contributed by atoms with van der Waals surface area (Å²) >= 11 is 5.94. The Morgan fingerprint density at radius 2 is 2.22 bits per heavy atom. The van der Waals surface area contributed by atoms with Crippen LogP contribution in [0.3, 0.4) is 0 Å². The van der Waals surface area contributed by atoms with Crippen LogP contribution in [0.5, 0.6) is 0 Å². The first-order valence-electron chi connectivity index (χ1n) is 5.66. The van der Waals surface area contributed by atoms with E-state index in [0.29, 0.717) is 13.2 Å². The molecular weight excluding hydrogens is 276 g/mol. The Labute approximate surface area is 112 Å². The third kappa shape index (κ3) is 2.51. The summed E-state index contributed by atoms with van der Waals surface area (Å²) in [7, 11) is -3.62. The van der Waals surface area contributed by atoms with Crippen molar-refractivity contribution in [1.29, 1.82) is 0 Å². The minimum Gasteiger partial charge on any atom is -0.375 e. The second-order valence-corrected chi connectivity index (χ2v) is 6.64. The predicted octanol–water partition coefficient (Wildman–Crippen LogP) is 1.53. The van der Waals surface area contributed by atoms with Crippen LogP contribution in [0.2, 0.25) is 5.02 Å². The summed E-state index contributed by atoms with van der Waals surface area (Å²) in [4.78, 5) is 3.88. The van der Waals surface area contributed by atoms with Crippen LogP contribution < -0.4 is 0 Å². The van der Waals surface area contributed by atoms with Gasteiger partial charge >= 0.3 is 0 Å². The molecule has 5 nitrogen and oxygen atoms in total. The lowest BCUT2D eigenvalue weighted by atomic mass is 10.2. The minimum atomic E-state index is -3.62. The van der Waals surface area contributed by atoms with Crippen molar-refractivity contribution < 1.29 is 13.2 Å². The fourth-order valence-corrected chi connectivity index (χ4v) is 3.99. The van der Waals surface area contributed by atoms with Gasteiger partial charge in [-0.1, -0.05) is 11.6 Å². The molecule has 2 heterocycles. The van der Waals surface area contributed by atoms with Crippen LogP contribution in [0.15, 0.2) is 23.4 Å². The number of halogens is 1. The van der Waals surface area contributed by atoms with Crippen molar-refractivity contribution in [2.45, 2.75) is 30.9 Å². The molecule has 1 aromatic rings. The Bertz CT molecular complexity index is 535. The third-order valence-corrected chi connectivity index (χ3v) is 5.32. The van der Waals surface area contributed by atoms with Gasteiger partial charge in [-0.2, -0.15) is 4.31 Å². The van der Waals surface area contributed by atoms with Gasteiger partial charge in [0.25, 0.3) is 0 Å². The van der Waals surface area contributed by atoms with E-state index in [1.165, 1.54) is 22.8 Å². The standard InChI is InChI=1S/C11H15ClN2O3S/c1-8-7-17-9(2)6-14(8)18(15,16)11-5-13-4-3-10(11)12/h3-5,8-9H,6-7H2,1-2H3.